The molecule has 0 aromatic heterocycles. The molecule has 0 atom stereocenters. The van der Waals surface area contributed by atoms with Gasteiger partial charge >= 0.3 is 0 Å². The number of carbonyl (C=O) groups is 1. The number of hydrogen-bond acceptors (Lipinski definition) is 1. The normalized spacial score (nSPS) is 11.8. The minimum atomic E-state index is 0.810. The summed E-state index contributed by atoms with van der Waals surface area (Å²) in [5, 5.41) is 0. The monoisotopic (exact) mass is 270 g/mol. The molecule has 100 valence electrons. The first-order valence-corrected chi connectivity index (χ1v) is 7.12. The van der Waals surface area contributed by atoms with Gasteiger partial charge in [-0.25, -0.2) is 0 Å². The fourth-order valence-corrected chi connectivity index (χ4v) is 3.17. The van der Waals surface area contributed by atoms with Gasteiger partial charge in [0.05, 0.1) is 0 Å². The summed E-state index contributed by atoms with van der Waals surface area (Å²) >= 11 is 0. The topological polar surface area (TPSA) is 17.1 Å². The molecule has 0 bridgehead atoms. The Bertz CT molecular complexity index is 832. The van der Waals surface area contributed by atoms with Crippen molar-refractivity contribution in [3.63, 3.8) is 0 Å². The Hall–Kier alpha value is -2.67. The summed E-state index contributed by atoms with van der Waals surface area (Å²) in [6.45, 7) is 0. The van der Waals surface area contributed by atoms with Crippen molar-refractivity contribution in [3.8, 4) is 22.3 Å². The summed E-state index contributed by atoms with van der Waals surface area (Å²) in [6.07, 6.45) is 1.81. The van der Waals surface area contributed by atoms with Crippen molar-refractivity contribution in [2.24, 2.45) is 0 Å². The Balaban J connectivity index is 1.84. The second-order valence-corrected chi connectivity index (χ2v) is 5.41. The second kappa shape index (κ2) is 4.71. The fourth-order valence-electron chi connectivity index (χ4n) is 3.17. The molecule has 0 fully saturated rings. The lowest BCUT2D eigenvalue weighted by molar-refractivity contribution is 0.112. The summed E-state index contributed by atoms with van der Waals surface area (Å²) < 4.78 is 0. The predicted octanol–water partition coefficient (Wildman–Crippen LogP) is 4.74. The highest BCUT2D eigenvalue weighted by Gasteiger charge is 2.21. The van der Waals surface area contributed by atoms with Crippen LogP contribution in [-0.4, -0.2) is 6.29 Å². The van der Waals surface area contributed by atoms with Gasteiger partial charge in [0.2, 0.25) is 0 Å². The van der Waals surface area contributed by atoms with Crippen molar-refractivity contribution < 1.29 is 4.79 Å². The Labute approximate surface area is 123 Å². The molecular weight excluding hydrogens is 256 g/mol. The predicted molar refractivity (Wildman–Crippen MR) is 85.5 cm³/mol. The molecule has 0 unspecified atom stereocenters. The first-order valence-electron chi connectivity index (χ1n) is 7.12. The maximum Gasteiger partial charge on any atom is 0.150 e. The Morgan fingerprint density at radius 1 is 0.762 bits per heavy atom. The average Bonchev–Trinajstić information content (AvgIpc) is 2.93. The molecule has 1 aliphatic carbocycles. The average molecular weight is 270 g/mol. The molecule has 0 saturated carbocycles. The largest absolute Gasteiger partial charge is 0.298 e. The van der Waals surface area contributed by atoms with E-state index in [1.165, 1.54) is 27.8 Å². The fraction of sp³-hybridized carbons (Fsp3) is 0.0500. The Morgan fingerprint density at radius 2 is 1.62 bits per heavy atom. The van der Waals surface area contributed by atoms with Crippen LogP contribution in [0.4, 0.5) is 0 Å². The van der Waals surface area contributed by atoms with E-state index in [-0.39, 0.29) is 0 Å². The van der Waals surface area contributed by atoms with Gasteiger partial charge in [-0.05, 0) is 39.8 Å². The van der Waals surface area contributed by atoms with E-state index in [9.17, 15) is 4.79 Å². The quantitative estimate of drug-likeness (QED) is 0.481. The molecule has 4 rings (SSSR count). The van der Waals surface area contributed by atoms with E-state index >= 15 is 0 Å². The molecule has 0 radical (unpaired) electrons. The van der Waals surface area contributed by atoms with Crippen molar-refractivity contribution >= 4 is 6.29 Å². The number of fused-ring (bicyclic) bond motifs is 3. The number of benzene rings is 3. The van der Waals surface area contributed by atoms with Crippen LogP contribution in [0.2, 0.25) is 0 Å². The van der Waals surface area contributed by atoms with Gasteiger partial charge in [0.15, 0.2) is 0 Å². The molecule has 0 N–H and O–H groups in total. The number of carbonyl (C=O) groups excluding carboxylic acids is 1. The molecule has 1 nitrogen and oxygen atoms in total. The van der Waals surface area contributed by atoms with Gasteiger partial charge in [-0.1, -0.05) is 66.7 Å². The highest BCUT2D eigenvalue weighted by atomic mass is 16.1. The Kier molecular flexibility index (Phi) is 2.71. The molecule has 1 heteroatoms. The summed E-state index contributed by atoms with van der Waals surface area (Å²) in [7, 11) is 0. The molecule has 0 amide bonds. The third-order valence-electron chi connectivity index (χ3n) is 4.21. The highest BCUT2D eigenvalue weighted by Crippen LogP contribution is 2.39. The van der Waals surface area contributed by atoms with Crippen LogP contribution in [0.3, 0.4) is 0 Å². The molecule has 21 heavy (non-hydrogen) atoms. The van der Waals surface area contributed by atoms with Crippen LogP contribution in [0, 0.1) is 0 Å². The SMILES string of the molecule is O=Cc1cccc2c1Cc1cc(-c3ccccc3)ccc1-2. The van der Waals surface area contributed by atoms with Crippen molar-refractivity contribution in [3.05, 3.63) is 83.4 Å². The van der Waals surface area contributed by atoms with Crippen molar-refractivity contribution in [2.45, 2.75) is 6.42 Å². The number of hydrogen-bond donors (Lipinski definition) is 0. The van der Waals surface area contributed by atoms with Crippen LogP contribution in [-0.2, 0) is 6.42 Å². The zero-order valence-electron chi connectivity index (χ0n) is 11.5. The van der Waals surface area contributed by atoms with Gasteiger partial charge in [0.25, 0.3) is 0 Å². The third-order valence-corrected chi connectivity index (χ3v) is 4.21. The van der Waals surface area contributed by atoms with Gasteiger partial charge in [-0.3, -0.25) is 4.79 Å². The summed E-state index contributed by atoms with van der Waals surface area (Å²) in [5.74, 6) is 0. The maximum atomic E-state index is 11.2. The van der Waals surface area contributed by atoms with Crippen LogP contribution in [0.15, 0.2) is 66.7 Å². The lowest BCUT2D eigenvalue weighted by atomic mass is 9.99. The first kappa shape index (κ1) is 12.1. The second-order valence-electron chi connectivity index (χ2n) is 5.41. The van der Waals surface area contributed by atoms with E-state index in [4.69, 9.17) is 0 Å². The zero-order chi connectivity index (χ0) is 14.2. The summed E-state index contributed by atoms with van der Waals surface area (Å²) in [4.78, 5) is 11.2. The standard InChI is InChI=1S/C20H14O/c21-13-16-7-4-8-19-18-10-9-15(11-17(18)12-20(16)19)14-5-2-1-3-6-14/h1-11,13H,12H2. The Morgan fingerprint density at radius 3 is 2.43 bits per heavy atom. The highest BCUT2D eigenvalue weighted by molar-refractivity contribution is 5.88. The van der Waals surface area contributed by atoms with Gasteiger partial charge in [0.1, 0.15) is 6.29 Å². The van der Waals surface area contributed by atoms with Gasteiger partial charge in [-0.2, -0.15) is 0 Å². The molecule has 0 aliphatic heterocycles. The van der Waals surface area contributed by atoms with Crippen LogP contribution in [0.1, 0.15) is 21.5 Å². The molecule has 3 aromatic rings. The smallest absolute Gasteiger partial charge is 0.150 e. The third kappa shape index (κ3) is 1.90. The first-order chi connectivity index (χ1) is 10.4. The number of rotatable bonds is 2. The van der Waals surface area contributed by atoms with E-state index < -0.39 is 0 Å². The lowest BCUT2D eigenvalue weighted by Crippen LogP contribution is -1.89. The van der Waals surface area contributed by atoms with Crippen molar-refractivity contribution in [1.29, 1.82) is 0 Å². The van der Waals surface area contributed by atoms with E-state index in [0.29, 0.717) is 0 Å². The minimum Gasteiger partial charge on any atom is -0.298 e. The van der Waals surface area contributed by atoms with E-state index in [1.54, 1.807) is 0 Å². The van der Waals surface area contributed by atoms with Crippen molar-refractivity contribution in [1.82, 2.24) is 0 Å². The van der Waals surface area contributed by atoms with E-state index in [1.807, 2.05) is 18.2 Å². The summed E-state index contributed by atoms with van der Waals surface area (Å²) in [5.41, 5.74) is 8.20. The molecular formula is C20H14O. The van der Waals surface area contributed by atoms with E-state index in [2.05, 4.69) is 48.5 Å². The van der Waals surface area contributed by atoms with Crippen LogP contribution < -0.4 is 0 Å². The van der Waals surface area contributed by atoms with E-state index in [0.717, 1.165) is 23.8 Å². The van der Waals surface area contributed by atoms with Crippen LogP contribution in [0.5, 0.6) is 0 Å². The van der Waals surface area contributed by atoms with Gasteiger partial charge in [0, 0.05) is 5.56 Å². The number of aldehydes is 1. The minimum absolute atomic E-state index is 0.810. The van der Waals surface area contributed by atoms with Crippen LogP contribution in [0.25, 0.3) is 22.3 Å². The molecule has 0 saturated heterocycles. The van der Waals surface area contributed by atoms with Gasteiger partial charge < -0.3 is 0 Å². The van der Waals surface area contributed by atoms with Crippen molar-refractivity contribution in [2.75, 3.05) is 0 Å². The maximum absolute atomic E-state index is 11.2. The zero-order valence-corrected chi connectivity index (χ0v) is 11.5. The van der Waals surface area contributed by atoms with Crippen LogP contribution >= 0.6 is 0 Å². The molecule has 1 aliphatic rings. The molecule has 3 aromatic carbocycles. The lowest BCUT2D eigenvalue weighted by Gasteiger charge is -2.05. The summed E-state index contributed by atoms with van der Waals surface area (Å²) in [6, 6.07) is 23.0. The molecule has 0 spiro atoms. The molecule has 0 heterocycles. The van der Waals surface area contributed by atoms with Gasteiger partial charge in [-0.15, -0.1) is 0 Å².